The van der Waals surface area contributed by atoms with Gasteiger partial charge in [0.05, 0.1) is 17.0 Å². The van der Waals surface area contributed by atoms with E-state index in [1.54, 1.807) is 35.0 Å². The highest BCUT2D eigenvalue weighted by Crippen LogP contribution is 2.18. The highest BCUT2D eigenvalue weighted by molar-refractivity contribution is 7.89. The van der Waals surface area contributed by atoms with E-state index in [2.05, 4.69) is 9.82 Å². The lowest BCUT2D eigenvalue weighted by molar-refractivity contribution is -0.131. The molecular formula is C19H26N4O3S. The number of carbonyl (C=O) groups excluding carboxylic acids is 1. The van der Waals surface area contributed by atoms with E-state index in [-0.39, 0.29) is 16.8 Å². The van der Waals surface area contributed by atoms with Crippen molar-refractivity contribution < 1.29 is 13.2 Å². The summed E-state index contributed by atoms with van der Waals surface area (Å²) in [6.07, 6.45) is 1.57. The maximum Gasteiger partial charge on any atom is 0.240 e. The number of likely N-dealkylation sites (tertiary alicyclic amines) is 1. The summed E-state index contributed by atoms with van der Waals surface area (Å²) in [5, 5.41) is 4.36. The number of benzene rings is 1. The minimum Gasteiger partial charge on any atom is -0.342 e. The predicted molar refractivity (Wildman–Crippen MR) is 103 cm³/mol. The van der Waals surface area contributed by atoms with E-state index in [1.165, 1.54) is 0 Å². The number of hydrogen-bond acceptors (Lipinski definition) is 4. The van der Waals surface area contributed by atoms with Gasteiger partial charge in [0.25, 0.3) is 0 Å². The van der Waals surface area contributed by atoms with Gasteiger partial charge in [0.2, 0.25) is 15.9 Å². The first-order chi connectivity index (χ1) is 12.8. The molecule has 1 saturated heterocycles. The topological polar surface area (TPSA) is 84.3 Å². The second-order valence-electron chi connectivity index (χ2n) is 7.04. The zero-order valence-corrected chi connectivity index (χ0v) is 16.8. The van der Waals surface area contributed by atoms with Gasteiger partial charge >= 0.3 is 0 Å². The molecule has 0 saturated carbocycles. The molecule has 0 bridgehead atoms. The molecule has 1 aromatic heterocycles. The Morgan fingerprint density at radius 3 is 2.37 bits per heavy atom. The molecule has 0 atom stereocenters. The van der Waals surface area contributed by atoms with E-state index in [4.69, 9.17) is 0 Å². The fourth-order valence-corrected chi connectivity index (χ4v) is 4.80. The second kappa shape index (κ2) is 7.82. The Balaban J connectivity index is 1.56. The number of piperidine rings is 1. The molecule has 0 unspecified atom stereocenters. The molecule has 1 amide bonds. The molecule has 3 rings (SSSR count). The largest absolute Gasteiger partial charge is 0.342 e. The molecule has 1 N–H and O–H groups in total. The molecule has 146 valence electrons. The third kappa shape index (κ3) is 4.39. The van der Waals surface area contributed by atoms with Crippen LogP contribution >= 0.6 is 0 Å². The van der Waals surface area contributed by atoms with E-state index in [9.17, 15) is 13.2 Å². The van der Waals surface area contributed by atoms with Crippen molar-refractivity contribution in [2.75, 3.05) is 13.1 Å². The Kier molecular flexibility index (Phi) is 5.67. The maximum atomic E-state index is 12.6. The number of carbonyl (C=O) groups is 1. The van der Waals surface area contributed by atoms with E-state index >= 15 is 0 Å². The van der Waals surface area contributed by atoms with Crippen LogP contribution in [-0.2, 0) is 28.3 Å². The van der Waals surface area contributed by atoms with E-state index in [0.29, 0.717) is 32.4 Å². The molecule has 2 aromatic rings. The van der Waals surface area contributed by atoms with Crippen LogP contribution in [0.25, 0.3) is 0 Å². The first-order valence-corrected chi connectivity index (χ1v) is 10.6. The smallest absolute Gasteiger partial charge is 0.240 e. The van der Waals surface area contributed by atoms with Gasteiger partial charge in [0.15, 0.2) is 0 Å². The maximum absolute atomic E-state index is 12.6. The summed E-state index contributed by atoms with van der Waals surface area (Å²) >= 11 is 0. The van der Waals surface area contributed by atoms with Crippen LogP contribution in [0, 0.1) is 13.8 Å². The minimum absolute atomic E-state index is 0.0681. The van der Waals surface area contributed by atoms with Crippen molar-refractivity contribution in [3.63, 3.8) is 0 Å². The quantitative estimate of drug-likeness (QED) is 0.839. The number of nitrogens with zero attached hydrogens (tertiary/aromatic N) is 3. The average molecular weight is 391 g/mol. The van der Waals surface area contributed by atoms with Crippen molar-refractivity contribution >= 4 is 15.9 Å². The first kappa shape index (κ1) is 19.6. The van der Waals surface area contributed by atoms with Crippen LogP contribution in [0.15, 0.2) is 35.2 Å². The zero-order valence-electron chi connectivity index (χ0n) is 16.0. The third-order valence-corrected chi connectivity index (χ3v) is 6.75. The third-order valence-electron chi connectivity index (χ3n) is 5.21. The number of aromatic nitrogens is 2. The molecule has 0 spiro atoms. The van der Waals surface area contributed by atoms with Crippen LogP contribution in [0.1, 0.15) is 29.8 Å². The van der Waals surface area contributed by atoms with Crippen LogP contribution in [0.2, 0.25) is 0 Å². The predicted octanol–water partition coefficient (Wildman–Crippen LogP) is 1.55. The molecule has 2 heterocycles. The van der Waals surface area contributed by atoms with Gasteiger partial charge in [-0.25, -0.2) is 13.1 Å². The van der Waals surface area contributed by atoms with Gasteiger partial charge in [0.1, 0.15) is 0 Å². The van der Waals surface area contributed by atoms with Gasteiger partial charge in [-0.3, -0.25) is 9.48 Å². The van der Waals surface area contributed by atoms with Gasteiger partial charge in [-0.2, -0.15) is 5.10 Å². The van der Waals surface area contributed by atoms with Crippen LogP contribution in [-0.4, -0.2) is 48.1 Å². The molecular weight excluding hydrogens is 364 g/mol. The summed E-state index contributed by atoms with van der Waals surface area (Å²) < 4.78 is 29.4. The van der Waals surface area contributed by atoms with E-state index < -0.39 is 10.0 Å². The Hall–Kier alpha value is -2.19. The van der Waals surface area contributed by atoms with Crippen molar-refractivity contribution in [1.82, 2.24) is 19.4 Å². The normalized spacial score (nSPS) is 15.9. The summed E-state index contributed by atoms with van der Waals surface area (Å²) in [6.45, 7) is 4.99. The van der Waals surface area contributed by atoms with Crippen molar-refractivity contribution in [3.05, 3.63) is 47.3 Å². The van der Waals surface area contributed by atoms with Crippen LogP contribution in [0.5, 0.6) is 0 Å². The monoisotopic (exact) mass is 390 g/mol. The number of hydrogen-bond donors (Lipinski definition) is 1. The van der Waals surface area contributed by atoms with Gasteiger partial charge in [-0.05, 0) is 38.8 Å². The molecule has 0 radical (unpaired) electrons. The van der Waals surface area contributed by atoms with Crippen molar-refractivity contribution in [3.8, 4) is 0 Å². The fourth-order valence-electron chi connectivity index (χ4n) is 3.47. The van der Waals surface area contributed by atoms with Gasteiger partial charge < -0.3 is 4.90 Å². The molecule has 0 aliphatic carbocycles. The summed E-state index contributed by atoms with van der Waals surface area (Å²) in [5.74, 6) is 0.0681. The standard InChI is InChI=1S/C19H26N4O3S/c1-14-18(15(2)22(3)20-14)13-19(24)23-11-9-16(10-12-23)21-27(25,26)17-7-5-4-6-8-17/h4-8,16,21H,9-13H2,1-3H3. The summed E-state index contributed by atoms with van der Waals surface area (Å²) in [5.41, 5.74) is 2.87. The Morgan fingerprint density at radius 1 is 1.19 bits per heavy atom. The molecule has 1 aromatic carbocycles. The lowest BCUT2D eigenvalue weighted by Gasteiger charge is -2.32. The number of sulfonamides is 1. The number of nitrogens with one attached hydrogen (secondary N) is 1. The number of rotatable bonds is 5. The van der Waals surface area contributed by atoms with Crippen LogP contribution < -0.4 is 4.72 Å². The van der Waals surface area contributed by atoms with E-state index in [0.717, 1.165) is 17.0 Å². The minimum atomic E-state index is -3.52. The number of aryl methyl sites for hydroxylation is 2. The van der Waals surface area contributed by atoms with Crippen molar-refractivity contribution in [2.45, 2.75) is 44.0 Å². The van der Waals surface area contributed by atoms with E-state index in [1.807, 2.05) is 25.8 Å². The molecule has 27 heavy (non-hydrogen) atoms. The lowest BCUT2D eigenvalue weighted by atomic mass is 10.0. The van der Waals surface area contributed by atoms with Gasteiger partial charge in [0, 0.05) is 37.4 Å². The first-order valence-electron chi connectivity index (χ1n) is 9.12. The second-order valence-corrected chi connectivity index (χ2v) is 8.75. The Labute approximate surface area is 160 Å². The highest BCUT2D eigenvalue weighted by Gasteiger charge is 2.27. The van der Waals surface area contributed by atoms with Crippen LogP contribution in [0.3, 0.4) is 0 Å². The number of amides is 1. The Bertz CT molecular complexity index is 914. The van der Waals surface area contributed by atoms with Crippen LogP contribution in [0.4, 0.5) is 0 Å². The summed E-state index contributed by atoms with van der Waals surface area (Å²) in [7, 11) is -1.64. The Morgan fingerprint density at radius 2 is 1.81 bits per heavy atom. The molecule has 1 fully saturated rings. The van der Waals surface area contributed by atoms with Gasteiger partial charge in [-0.15, -0.1) is 0 Å². The summed E-state index contributed by atoms with van der Waals surface area (Å²) in [4.78, 5) is 14.7. The molecule has 1 aliphatic rings. The average Bonchev–Trinajstić information content (AvgIpc) is 2.89. The molecule has 7 nitrogen and oxygen atoms in total. The fraction of sp³-hybridized carbons (Fsp3) is 0.474. The lowest BCUT2D eigenvalue weighted by Crippen LogP contribution is -2.46. The SMILES string of the molecule is Cc1nn(C)c(C)c1CC(=O)N1CCC(NS(=O)(=O)c2ccccc2)CC1. The molecule has 1 aliphatic heterocycles. The zero-order chi connectivity index (χ0) is 19.6. The van der Waals surface area contributed by atoms with Crippen molar-refractivity contribution in [1.29, 1.82) is 0 Å². The molecule has 8 heteroatoms. The highest BCUT2D eigenvalue weighted by atomic mass is 32.2. The van der Waals surface area contributed by atoms with Crippen molar-refractivity contribution in [2.24, 2.45) is 7.05 Å². The van der Waals surface area contributed by atoms with Gasteiger partial charge in [-0.1, -0.05) is 18.2 Å². The summed E-state index contributed by atoms with van der Waals surface area (Å²) in [6, 6.07) is 8.21.